The zero-order valence-corrected chi connectivity index (χ0v) is 28.4. The molecule has 0 heterocycles. The summed E-state index contributed by atoms with van der Waals surface area (Å²) in [6, 6.07) is 16.3. The third-order valence-corrected chi connectivity index (χ3v) is 6.42. The normalized spacial score (nSPS) is 11.1. The van der Waals surface area contributed by atoms with Crippen LogP contribution in [0.2, 0.25) is 0 Å². The number of benzene rings is 2. The third-order valence-electron chi connectivity index (χ3n) is 6.42. The van der Waals surface area contributed by atoms with Crippen LogP contribution in [0.25, 0.3) is 0 Å². The Labute approximate surface area is 269 Å². The van der Waals surface area contributed by atoms with Gasteiger partial charge in [0.2, 0.25) is 0 Å². The molecule has 1 unspecified atom stereocenters. The van der Waals surface area contributed by atoms with E-state index in [0.717, 1.165) is 56.3 Å². The summed E-state index contributed by atoms with van der Waals surface area (Å²) in [6.07, 6.45) is 2.61. The predicted octanol–water partition coefficient (Wildman–Crippen LogP) is 2.83. The number of carboxylic acid groups (broad SMARTS) is 1. The van der Waals surface area contributed by atoms with Crippen molar-refractivity contribution in [3.8, 4) is 35.1 Å². The molecule has 0 saturated heterocycles. The van der Waals surface area contributed by atoms with E-state index in [9.17, 15) is 5.26 Å². The first-order valence-corrected chi connectivity index (χ1v) is 13.0. The van der Waals surface area contributed by atoms with Gasteiger partial charge in [-0.3, -0.25) is 4.79 Å². The topological polar surface area (TPSA) is 125 Å². The van der Waals surface area contributed by atoms with Gasteiger partial charge in [0.1, 0.15) is 0 Å². The van der Waals surface area contributed by atoms with Gasteiger partial charge in [-0.2, -0.15) is 10.5 Å². The van der Waals surface area contributed by atoms with E-state index in [1.165, 1.54) is 12.5 Å². The summed E-state index contributed by atoms with van der Waals surface area (Å²) in [5, 5.41) is 25.0. The number of carboxylic acids is 1. The summed E-state index contributed by atoms with van der Waals surface area (Å²) in [6.45, 7) is 8.57. The second-order valence-corrected chi connectivity index (χ2v) is 9.40. The van der Waals surface area contributed by atoms with Crippen LogP contribution in [0.5, 0.6) is 23.0 Å². The molecule has 0 bridgehead atoms. The van der Waals surface area contributed by atoms with Crippen molar-refractivity contribution in [3.63, 3.8) is 0 Å². The van der Waals surface area contributed by atoms with Crippen molar-refractivity contribution in [2.75, 3.05) is 48.6 Å². The number of hydrogen-bond donors (Lipinski definition) is 1. The summed E-state index contributed by atoms with van der Waals surface area (Å²) < 4.78 is 21.6. The third kappa shape index (κ3) is 13.5. The molecular weight excluding hydrogens is 533 g/mol. The molecule has 2 aromatic carbocycles. The second kappa shape index (κ2) is 21.8. The van der Waals surface area contributed by atoms with Crippen LogP contribution in [0.1, 0.15) is 53.1 Å². The molecule has 1 atom stereocenters. The van der Waals surface area contributed by atoms with Crippen LogP contribution >= 0.6 is 0 Å². The average Bonchev–Trinajstić information content (AvgIpc) is 2.93. The maximum absolute atomic E-state index is 10.2. The number of nitriles is 2. The molecule has 2 aromatic rings. The van der Waals surface area contributed by atoms with Gasteiger partial charge in [0, 0.05) is 20.4 Å². The summed E-state index contributed by atoms with van der Waals surface area (Å²) in [7, 11) is 8.67. The number of nitrogens with zero attached hydrogens (tertiary/aromatic N) is 3. The number of carbonyl (C=O) groups is 1. The Bertz CT molecular complexity index is 1130. The Morgan fingerprint density at radius 1 is 0.951 bits per heavy atom. The summed E-state index contributed by atoms with van der Waals surface area (Å²) in [5.74, 6) is 2.15. The fourth-order valence-electron chi connectivity index (χ4n) is 4.23. The van der Waals surface area contributed by atoms with Crippen LogP contribution in [-0.4, -0.2) is 64.6 Å². The monoisotopic (exact) mass is 579 g/mol. The molecule has 0 spiro atoms. The van der Waals surface area contributed by atoms with Crippen molar-refractivity contribution in [2.24, 2.45) is 5.92 Å². The molecule has 41 heavy (non-hydrogen) atoms. The molecule has 0 saturated carbocycles. The standard InChI is InChI=1S/C27H38N2O4.C2H3N.C2H4O2.Na.H/c1-20(2)27(19-28,22-10-12-24(31-5)26(18-22)33-7)14-8-15-29(3)16-13-21-9-11-23(30-4)25(17-21)32-6;1-2-3;1-2(3)4;;/h9-12,17-18,20H,8,13-16H2,1-7H3;1H3;1H3,(H,3,4);;/q;;;+1;-1. The van der Waals surface area contributed by atoms with Gasteiger partial charge in [-0.05, 0) is 74.2 Å². The molecule has 0 aromatic heterocycles. The number of rotatable bonds is 13. The van der Waals surface area contributed by atoms with Crippen LogP contribution in [0.15, 0.2) is 36.4 Å². The SMILES string of the molecule is CC#N.CC(=O)O.COc1ccc(CCN(C)CCCC(C#N)(c2ccc(OC)c(OC)c2)C(C)C)cc1OC.[H-].[Na+]. The van der Waals surface area contributed by atoms with Gasteiger partial charge in [-0.15, -0.1) is 0 Å². The largest absolute Gasteiger partial charge is 1.00 e. The van der Waals surface area contributed by atoms with Crippen LogP contribution < -0.4 is 48.5 Å². The molecule has 0 aliphatic carbocycles. The van der Waals surface area contributed by atoms with Crippen LogP contribution in [0, 0.1) is 28.6 Å². The molecule has 10 heteroatoms. The Morgan fingerprint density at radius 2 is 1.41 bits per heavy atom. The number of ether oxygens (including phenoxy) is 4. The minimum Gasteiger partial charge on any atom is -1.00 e. The van der Waals surface area contributed by atoms with Crippen LogP contribution in [-0.2, 0) is 16.6 Å². The number of hydrogen-bond acceptors (Lipinski definition) is 8. The molecule has 0 aliphatic rings. The Hall–Kier alpha value is -2.95. The molecule has 1 N–H and O–H groups in total. The van der Waals surface area contributed by atoms with E-state index >= 15 is 0 Å². The first-order chi connectivity index (χ1) is 19.0. The van der Waals surface area contributed by atoms with E-state index in [2.05, 4.69) is 37.9 Å². The van der Waals surface area contributed by atoms with Crippen molar-refractivity contribution in [2.45, 2.75) is 52.4 Å². The maximum Gasteiger partial charge on any atom is 1.00 e. The van der Waals surface area contributed by atoms with Gasteiger partial charge in [0.15, 0.2) is 23.0 Å². The molecule has 2 rings (SSSR count). The molecular formula is C31H46N3NaO6. The molecule has 0 aliphatic heterocycles. The van der Waals surface area contributed by atoms with Crippen molar-refractivity contribution in [1.82, 2.24) is 4.90 Å². The summed E-state index contributed by atoms with van der Waals surface area (Å²) >= 11 is 0. The molecule has 0 radical (unpaired) electrons. The fourth-order valence-corrected chi connectivity index (χ4v) is 4.23. The zero-order chi connectivity index (χ0) is 30.7. The van der Waals surface area contributed by atoms with Gasteiger partial charge in [-0.25, -0.2) is 0 Å². The van der Waals surface area contributed by atoms with Crippen molar-refractivity contribution in [1.29, 1.82) is 10.5 Å². The van der Waals surface area contributed by atoms with Crippen molar-refractivity contribution >= 4 is 5.97 Å². The van der Waals surface area contributed by atoms with Gasteiger partial charge in [-0.1, -0.05) is 26.0 Å². The predicted molar refractivity (Wildman–Crippen MR) is 157 cm³/mol. The first kappa shape index (κ1) is 40.2. The van der Waals surface area contributed by atoms with Crippen LogP contribution in [0.3, 0.4) is 0 Å². The smallest absolute Gasteiger partial charge is 1.00 e. The fraction of sp³-hybridized carbons (Fsp3) is 0.516. The van der Waals surface area contributed by atoms with Gasteiger partial charge < -0.3 is 30.4 Å². The molecule has 222 valence electrons. The molecule has 9 nitrogen and oxygen atoms in total. The van der Waals surface area contributed by atoms with Crippen LogP contribution in [0.4, 0.5) is 0 Å². The maximum atomic E-state index is 10.2. The first-order valence-electron chi connectivity index (χ1n) is 13.0. The van der Waals surface area contributed by atoms with Crippen molar-refractivity contribution in [3.05, 3.63) is 47.5 Å². The Kier molecular flexibility index (Phi) is 21.3. The number of methoxy groups -OCH3 is 4. The minimum absolute atomic E-state index is 0. The van der Waals surface area contributed by atoms with E-state index in [1.54, 1.807) is 34.5 Å². The van der Waals surface area contributed by atoms with Gasteiger partial charge >= 0.3 is 29.6 Å². The minimum atomic E-state index is -0.833. The van der Waals surface area contributed by atoms with E-state index in [1.807, 2.05) is 30.3 Å². The Morgan fingerprint density at radius 3 is 1.85 bits per heavy atom. The van der Waals surface area contributed by atoms with Crippen molar-refractivity contribution < 1.29 is 59.8 Å². The zero-order valence-electron chi connectivity index (χ0n) is 27.4. The van der Waals surface area contributed by atoms with E-state index in [4.69, 9.17) is 34.1 Å². The Balaban J connectivity index is -0.00000152. The quantitative estimate of drug-likeness (QED) is 0.357. The molecule has 0 amide bonds. The summed E-state index contributed by atoms with van der Waals surface area (Å²) in [5.41, 5.74) is 1.60. The molecule has 0 fully saturated rings. The van der Waals surface area contributed by atoms with E-state index < -0.39 is 11.4 Å². The average molecular weight is 580 g/mol. The number of aliphatic carboxylic acids is 1. The van der Waals surface area contributed by atoms with Gasteiger partial charge in [0.25, 0.3) is 5.97 Å². The second-order valence-electron chi connectivity index (χ2n) is 9.40. The van der Waals surface area contributed by atoms with E-state index in [0.29, 0.717) is 11.5 Å². The number of likely N-dealkylation sites (N-methyl/N-ethyl adjacent to an activating group) is 1. The summed E-state index contributed by atoms with van der Waals surface area (Å²) in [4.78, 5) is 11.3. The van der Waals surface area contributed by atoms with E-state index in [-0.39, 0.29) is 36.9 Å². The van der Waals surface area contributed by atoms with Gasteiger partial charge in [0.05, 0.1) is 46.0 Å².